The number of hydrogen-bond donors (Lipinski definition) is 1. The Hall–Kier alpha value is -1.95. The topological polar surface area (TPSA) is 33.1 Å². The van der Waals surface area contributed by atoms with Crippen molar-refractivity contribution in [3.8, 4) is 0 Å². The van der Waals surface area contributed by atoms with Gasteiger partial charge in [0.05, 0.1) is 6.54 Å². The summed E-state index contributed by atoms with van der Waals surface area (Å²) in [5.41, 5.74) is 0.756. The molecule has 0 saturated carbocycles. The van der Waals surface area contributed by atoms with E-state index in [1.807, 2.05) is 16.9 Å². The summed E-state index contributed by atoms with van der Waals surface area (Å²) < 4.78 is 28.3. The van der Waals surface area contributed by atoms with Crippen LogP contribution < -0.4 is 10.2 Å². The Labute approximate surface area is 135 Å². The molecule has 1 aliphatic heterocycles. The maximum absolute atomic E-state index is 13.3. The minimum absolute atomic E-state index is 0.342. The number of rotatable bonds is 5. The third kappa shape index (κ3) is 4.07. The van der Waals surface area contributed by atoms with Crippen molar-refractivity contribution in [3.63, 3.8) is 0 Å². The maximum atomic E-state index is 13.3. The van der Waals surface area contributed by atoms with Gasteiger partial charge in [-0.15, -0.1) is 0 Å². The van der Waals surface area contributed by atoms with Crippen LogP contribution in [0.15, 0.2) is 36.7 Å². The minimum atomic E-state index is -0.794. The zero-order valence-corrected chi connectivity index (χ0v) is 13.3. The number of benzene rings is 1. The molecule has 4 nitrogen and oxygen atoms in total. The SMILES string of the molecule is CC(Cn1cccn1)NC1CCN(c2ccc(F)c(F)c2)CC1. The number of hydrogen-bond acceptors (Lipinski definition) is 3. The third-order valence-electron chi connectivity index (χ3n) is 4.30. The Morgan fingerprint density at radius 2 is 2.04 bits per heavy atom. The van der Waals surface area contributed by atoms with Crippen molar-refractivity contribution in [2.24, 2.45) is 0 Å². The van der Waals surface area contributed by atoms with Crippen molar-refractivity contribution < 1.29 is 8.78 Å². The summed E-state index contributed by atoms with van der Waals surface area (Å²) in [6.45, 7) is 4.69. The molecule has 2 aromatic rings. The second kappa shape index (κ2) is 7.08. The van der Waals surface area contributed by atoms with Gasteiger partial charge < -0.3 is 10.2 Å². The average Bonchev–Trinajstić information content (AvgIpc) is 3.03. The van der Waals surface area contributed by atoms with Crippen LogP contribution >= 0.6 is 0 Å². The van der Waals surface area contributed by atoms with Gasteiger partial charge in [-0.05, 0) is 38.0 Å². The van der Waals surface area contributed by atoms with Crippen molar-refractivity contribution in [2.75, 3.05) is 18.0 Å². The van der Waals surface area contributed by atoms with Gasteiger partial charge in [0.15, 0.2) is 11.6 Å². The Morgan fingerprint density at radius 3 is 2.70 bits per heavy atom. The largest absolute Gasteiger partial charge is 0.371 e. The van der Waals surface area contributed by atoms with Crippen LogP contribution in [0.2, 0.25) is 0 Å². The average molecular weight is 320 g/mol. The first-order chi connectivity index (χ1) is 11.1. The van der Waals surface area contributed by atoms with Crippen molar-refractivity contribution >= 4 is 5.69 Å². The van der Waals surface area contributed by atoms with Gasteiger partial charge in [-0.2, -0.15) is 5.10 Å². The lowest BCUT2D eigenvalue weighted by molar-refractivity contribution is 0.348. The molecule has 2 heterocycles. The van der Waals surface area contributed by atoms with Crippen LogP contribution in [0.4, 0.5) is 14.5 Å². The summed E-state index contributed by atoms with van der Waals surface area (Å²) in [5, 5.41) is 7.85. The van der Waals surface area contributed by atoms with Crippen LogP contribution in [0.25, 0.3) is 0 Å². The van der Waals surface area contributed by atoms with E-state index in [2.05, 4.69) is 22.2 Å². The molecule has 23 heavy (non-hydrogen) atoms. The first kappa shape index (κ1) is 15.9. The summed E-state index contributed by atoms with van der Waals surface area (Å²) in [7, 11) is 0. The fourth-order valence-corrected chi connectivity index (χ4v) is 3.13. The minimum Gasteiger partial charge on any atom is -0.371 e. The molecule has 124 valence electrons. The highest BCUT2D eigenvalue weighted by atomic mass is 19.2. The Balaban J connectivity index is 1.49. The third-order valence-corrected chi connectivity index (χ3v) is 4.30. The van der Waals surface area contributed by atoms with E-state index >= 15 is 0 Å². The summed E-state index contributed by atoms with van der Waals surface area (Å²) >= 11 is 0. The van der Waals surface area contributed by atoms with E-state index in [0.717, 1.165) is 38.2 Å². The van der Waals surface area contributed by atoms with E-state index in [-0.39, 0.29) is 0 Å². The van der Waals surface area contributed by atoms with E-state index < -0.39 is 11.6 Å². The molecular formula is C17H22F2N4. The Bertz CT molecular complexity index is 622. The van der Waals surface area contributed by atoms with Crippen LogP contribution in [-0.2, 0) is 6.54 Å². The Kier molecular flexibility index (Phi) is 4.91. The number of piperidine rings is 1. The molecule has 1 unspecified atom stereocenters. The summed E-state index contributed by atoms with van der Waals surface area (Å²) in [6.07, 6.45) is 5.72. The molecule has 0 aliphatic carbocycles. The van der Waals surface area contributed by atoms with Crippen molar-refractivity contribution in [1.29, 1.82) is 0 Å². The molecule has 1 aromatic heterocycles. The van der Waals surface area contributed by atoms with Crippen molar-refractivity contribution in [3.05, 3.63) is 48.3 Å². The lowest BCUT2D eigenvalue weighted by atomic mass is 10.0. The van der Waals surface area contributed by atoms with Gasteiger partial charge in [-0.3, -0.25) is 4.68 Å². The lowest BCUT2D eigenvalue weighted by Gasteiger charge is -2.35. The summed E-state index contributed by atoms with van der Waals surface area (Å²) in [5.74, 6) is -1.58. The van der Waals surface area contributed by atoms with Gasteiger partial charge >= 0.3 is 0 Å². The van der Waals surface area contributed by atoms with Crippen LogP contribution in [0, 0.1) is 11.6 Å². The van der Waals surface area contributed by atoms with Crippen LogP contribution in [-0.4, -0.2) is 35.0 Å². The van der Waals surface area contributed by atoms with Crippen LogP contribution in [0.5, 0.6) is 0 Å². The van der Waals surface area contributed by atoms with E-state index in [9.17, 15) is 8.78 Å². The van der Waals surface area contributed by atoms with Gasteiger partial charge in [-0.1, -0.05) is 0 Å². The van der Waals surface area contributed by atoms with Gasteiger partial charge in [0.2, 0.25) is 0 Å². The van der Waals surface area contributed by atoms with E-state index in [1.165, 1.54) is 12.1 Å². The van der Waals surface area contributed by atoms with Crippen molar-refractivity contribution in [2.45, 2.75) is 38.4 Å². The highest BCUT2D eigenvalue weighted by Crippen LogP contribution is 2.22. The van der Waals surface area contributed by atoms with E-state index in [0.29, 0.717) is 12.1 Å². The smallest absolute Gasteiger partial charge is 0.160 e. The predicted molar refractivity (Wildman–Crippen MR) is 86.4 cm³/mol. The number of nitrogens with one attached hydrogen (secondary N) is 1. The number of aromatic nitrogens is 2. The first-order valence-electron chi connectivity index (χ1n) is 8.05. The lowest BCUT2D eigenvalue weighted by Crippen LogP contribution is -2.46. The predicted octanol–water partition coefficient (Wildman–Crippen LogP) is 2.81. The molecular weight excluding hydrogens is 298 g/mol. The number of nitrogens with zero attached hydrogens (tertiary/aromatic N) is 3. The Morgan fingerprint density at radius 1 is 1.26 bits per heavy atom. The molecule has 1 aliphatic rings. The van der Waals surface area contributed by atoms with Gasteiger partial charge in [0.25, 0.3) is 0 Å². The normalized spacial score (nSPS) is 17.4. The first-order valence-corrected chi connectivity index (χ1v) is 8.05. The zero-order valence-electron chi connectivity index (χ0n) is 13.3. The van der Waals surface area contributed by atoms with Crippen LogP contribution in [0.3, 0.4) is 0 Å². The van der Waals surface area contributed by atoms with Gasteiger partial charge in [0.1, 0.15) is 0 Å². The quantitative estimate of drug-likeness (QED) is 0.920. The van der Waals surface area contributed by atoms with Gasteiger partial charge in [-0.25, -0.2) is 8.78 Å². The maximum Gasteiger partial charge on any atom is 0.160 e. The number of anilines is 1. The summed E-state index contributed by atoms with van der Waals surface area (Å²) in [6, 6.07) is 6.83. The molecule has 0 spiro atoms. The molecule has 3 rings (SSSR count). The molecule has 0 bridgehead atoms. The van der Waals surface area contributed by atoms with Crippen molar-refractivity contribution in [1.82, 2.24) is 15.1 Å². The monoisotopic (exact) mass is 320 g/mol. The highest BCUT2D eigenvalue weighted by molar-refractivity contribution is 5.47. The zero-order chi connectivity index (χ0) is 16.2. The van der Waals surface area contributed by atoms with Gasteiger partial charge in [0, 0.05) is 49.3 Å². The molecule has 0 amide bonds. The summed E-state index contributed by atoms with van der Waals surface area (Å²) in [4.78, 5) is 2.11. The molecule has 1 atom stereocenters. The molecule has 6 heteroatoms. The fourth-order valence-electron chi connectivity index (χ4n) is 3.13. The van der Waals surface area contributed by atoms with E-state index in [4.69, 9.17) is 0 Å². The molecule has 1 aromatic carbocycles. The standard InChI is InChI=1S/C17H22F2N4/c1-13(12-23-8-2-7-20-23)21-14-5-9-22(10-6-14)15-3-4-16(18)17(19)11-15/h2-4,7-8,11,13-14,21H,5-6,9-10,12H2,1H3. The molecule has 1 fully saturated rings. The highest BCUT2D eigenvalue weighted by Gasteiger charge is 2.21. The second-order valence-electron chi connectivity index (χ2n) is 6.16. The molecule has 1 N–H and O–H groups in total. The fraction of sp³-hybridized carbons (Fsp3) is 0.471. The van der Waals surface area contributed by atoms with Crippen LogP contribution in [0.1, 0.15) is 19.8 Å². The molecule has 0 radical (unpaired) electrons. The number of halogens is 2. The second-order valence-corrected chi connectivity index (χ2v) is 6.16. The molecule has 1 saturated heterocycles. The van der Waals surface area contributed by atoms with E-state index in [1.54, 1.807) is 12.3 Å².